The molecule has 4 rings (SSSR count). The molecule has 0 aliphatic heterocycles. The van der Waals surface area contributed by atoms with Gasteiger partial charge in [0.25, 0.3) is 0 Å². The Morgan fingerprint density at radius 3 is 2.51 bits per heavy atom. The van der Waals surface area contributed by atoms with Crippen LogP contribution in [0.15, 0.2) is 71.5 Å². The Bertz CT molecular complexity index is 1570. The van der Waals surface area contributed by atoms with Crippen LogP contribution >= 0.6 is 0 Å². The first kappa shape index (κ1) is 27.4. The highest BCUT2D eigenvalue weighted by Crippen LogP contribution is 2.30. The smallest absolute Gasteiger partial charge is 0.388 e. The van der Waals surface area contributed by atoms with Crippen LogP contribution in [0.5, 0.6) is 11.5 Å². The van der Waals surface area contributed by atoms with E-state index in [4.69, 9.17) is 15.9 Å². The van der Waals surface area contributed by atoms with E-state index in [1.807, 2.05) is 36.4 Å². The molecular weight excluding hydrogens is 499 g/mol. The molecule has 1 heterocycles. The topological polar surface area (TPSA) is 79.6 Å². The molecule has 1 unspecified atom stereocenters. The zero-order valence-corrected chi connectivity index (χ0v) is 22.0. The van der Waals surface area contributed by atoms with Crippen molar-refractivity contribution in [1.29, 1.82) is 0 Å². The third-order valence-electron chi connectivity index (χ3n) is 6.35. The number of hydrogen-bond acceptors (Lipinski definition) is 6. The van der Waals surface area contributed by atoms with E-state index in [2.05, 4.69) is 29.7 Å². The van der Waals surface area contributed by atoms with Crippen molar-refractivity contribution in [1.82, 2.24) is 9.55 Å². The summed E-state index contributed by atoms with van der Waals surface area (Å²) in [5, 5.41) is 0.727. The molecule has 0 N–H and O–H groups in total. The molecule has 0 radical (unpaired) electrons. The van der Waals surface area contributed by atoms with Gasteiger partial charge in [0.2, 0.25) is 0 Å². The normalized spacial score (nSPS) is 11.7. The van der Waals surface area contributed by atoms with Crippen molar-refractivity contribution in [2.75, 3.05) is 6.61 Å². The Balaban J connectivity index is 1.77. The standard InChI is InChI=1S/C31H29FN2O5/c1-5-16-37-24-14-15-27-26(18-24)29(23-12-10-22(11-13-23)20(3)4)33-31(36)34(27)19-21-8-7-9-25(17-21)38-28(6-2)30(35)39-32/h1,7-15,17-18,20,28H,6,16,19H2,2-4H3. The average molecular weight is 529 g/mol. The predicted octanol–water partition coefficient (Wildman–Crippen LogP) is 5.83. The molecule has 200 valence electrons. The van der Waals surface area contributed by atoms with Gasteiger partial charge in [-0.05, 0) is 53.8 Å². The minimum absolute atomic E-state index is 0.110. The van der Waals surface area contributed by atoms with Crippen molar-refractivity contribution in [3.05, 3.63) is 88.3 Å². The van der Waals surface area contributed by atoms with Gasteiger partial charge >= 0.3 is 11.7 Å². The number of hydrogen-bond donors (Lipinski definition) is 0. The van der Waals surface area contributed by atoms with Crippen molar-refractivity contribution in [3.63, 3.8) is 0 Å². The Labute approximate surface area is 226 Å². The van der Waals surface area contributed by atoms with Crippen LogP contribution in [0.3, 0.4) is 0 Å². The second kappa shape index (κ2) is 12.3. The van der Waals surface area contributed by atoms with Crippen molar-refractivity contribution in [3.8, 4) is 35.1 Å². The van der Waals surface area contributed by atoms with Crippen LogP contribution in [0.1, 0.15) is 44.2 Å². The summed E-state index contributed by atoms with van der Waals surface area (Å²) in [6, 6.07) is 20.3. The van der Waals surface area contributed by atoms with E-state index in [-0.39, 0.29) is 19.6 Å². The summed E-state index contributed by atoms with van der Waals surface area (Å²) in [5.41, 5.74) is 3.49. The first-order chi connectivity index (χ1) is 18.8. The van der Waals surface area contributed by atoms with Gasteiger partial charge in [-0.15, -0.1) is 6.42 Å². The highest BCUT2D eigenvalue weighted by Gasteiger charge is 2.21. The van der Waals surface area contributed by atoms with Crippen LogP contribution in [0.4, 0.5) is 4.53 Å². The largest absolute Gasteiger partial charge is 0.481 e. The molecule has 1 atom stereocenters. The molecule has 3 aromatic carbocycles. The number of terminal acetylenes is 1. The molecule has 0 fully saturated rings. The summed E-state index contributed by atoms with van der Waals surface area (Å²) >= 11 is 0. The van der Waals surface area contributed by atoms with Gasteiger partial charge in [-0.1, -0.05) is 63.1 Å². The van der Waals surface area contributed by atoms with Gasteiger partial charge in [-0.25, -0.2) is 9.59 Å². The minimum Gasteiger partial charge on any atom is -0.481 e. The molecule has 39 heavy (non-hydrogen) atoms. The van der Waals surface area contributed by atoms with Crippen LogP contribution in [0.25, 0.3) is 22.2 Å². The van der Waals surface area contributed by atoms with Crippen molar-refractivity contribution in [2.45, 2.75) is 45.8 Å². The second-order valence-electron chi connectivity index (χ2n) is 9.34. The first-order valence-corrected chi connectivity index (χ1v) is 12.6. The molecular formula is C31H29FN2O5. The highest BCUT2D eigenvalue weighted by molar-refractivity contribution is 5.93. The number of benzene rings is 3. The van der Waals surface area contributed by atoms with Gasteiger partial charge in [0.15, 0.2) is 6.10 Å². The van der Waals surface area contributed by atoms with Gasteiger partial charge in [-0.2, -0.15) is 4.98 Å². The van der Waals surface area contributed by atoms with Crippen molar-refractivity contribution in [2.24, 2.45) is 0 Å². The maximum absolute atomic E-state index is 13.4. The van der Waals surface area contributed by atoms with Crippen LogP contribution in [-0.2, 0) is 16.3 Å². The number of fused-ring (bicyclic) bond motifs is 1. The monoisotopic (exact) mass is 528 g/mol. The molecule has 0 aliphatic carbocycles. The number of carbonyl (C=O) groups excluding carboxylic acids is 1. The molecule has 0 spiro atoms. The lowest BCUT2D eigenvalue weighted by atomic mass is 9.99. The summed E-state index contributed by atoms with van der Waals surface area (Å²) in [5.74, 6) is 2.64. The van der Waals surface area contributed by atoms with E-state index in [9.17, 15) is 14.1 Å². The van der Waals surface area contributed by atoms with E-state index in [0.717, 1.165) is 16.5 Å². The molecule has 0 aliphatic rings. The van der Waals surface area contributed by atoms with Crippen LogP contribution < -0.4 is 15.2 Å². The van der Waals surface area contributed by atoms with Gasteiger partial charge in [0.1, 0.15) is 18.1 Å². The predicted molar refractivity (Wildman–Crippen MR) is 147 cm³/mol. The van der Waals surface area contributed by atoms with E-state index in [1.54, 1.807) is 41.8 Å². The fourth-order valence-corrected chi connectivity index (χ4v) is 4.28. The van der Waals surface area contributed by atoms with Crippen molar-refractivity contribution >= 4 is 16.9 Å². The third kappa shape index (κ3) is 6.27. The van der Waals surface area contributed by atoms with E-state index in [0.29, 0.717) is 28.6 Å². The zero-order valence-electron chi connectivity index (χ0n) is 22.0. The average Bonchev–Trinajstić information content (AvgIpc) is 2.95. The molecule has 0 bridgehead atoms. The fraction of sp³-hybridized carbons (Fsp3) is 0.258. The SMILES string of the molecule is C#CCOc1ccc2c(c1)c(-c1ccc(C(C)C)cc1)nc(=O)n2Cc1cccc(OC(CC)C(=O)OF)c1. The maximum atomic E-state index is 13.4. The number of halogens is 1. The zero-order chi connectivity index (χ0) is 27.9. The third-order valence-corrected chi connectivity index (χ3v) is 6.35. The minimum atomic E-state index is -1.10. The molecule has 0 amide bonds. The van der Waals surface area contributed by atoms with Crippen LogP contribution in [-0.4, -0.2) is 28.2 Å². The van der Waals surface area contributed by atoms with Crippen LogP contribution in [0.2, 0.25) is 0 Å². The summed E-state index contributed by atoms with van der Waals surface area (Å²) in [6.07, 6.45) is 4.51. The Morgan fingerprint density at radius 1 is 1.08 bits per heavy atom. The molecule has 0 saturated heterocycles. The van der Waals surface area contributed by atoms with Gasteiger partial charge in [-0.3, -0.25) is 9.51 Å². The van der Waals surface area contributed by atoms with E-state index in [1.165, 1.54) is 5.56 Å². The summed E-state index contributed by atoms with van der Waals surface area (Å²) in [6.45, 7) is 6.21. The van der Waals surface area contributed by atoms with Crippen molar-refractivity contribution < 1.29 is 23.7 Å². The summed E-state index contributed by atoms with van der Waals surface area (Å²) < 4.78 is 25.2. The van der Waals surface area contributed by atoms with Crippen LogP contribution in [0, 0.1) is 12.3 Å². The second-order valence-corrected chi connectivity index (χ2v) is 9.34. The number of ether oxygens (including phenoxy) is 2. The van der Waals surface area contributed by atoms with E-state index < -0.39 is 17.8 Å². The fourth-order valence-electron chi connectivity index (χ4n) is 4.28. The molecule has 4 aromatic rings. The maximum Gasteiger partial charge on any atom is 0.388 e. The summed E-state index contributed by atoms with van der Waals surface area (Å²) in [7, 11) is 0. The first-order valence-electron chi connectivity index (χ1n) is 12.6. The Kier molecular flexibility index (Phi) is 8.62. The lowest BCUT2D eigenvalue weighted by Gasteiger charge is -2.16. The lowest BCUT2D eigenvalue weighted by Crippen LogP contribution is -2.27. The van der Waals surface area contributed by atoms with E-state index >= 15 is 0 Å². The summed E-state index contributed by atoms with van der Waals surface area (Å²) in [4.78, 5) is 32.8. The number of nitrogens with zero attached hydrogens (tertiary/aromatic N) is 2. The highest BCUT2D eigenvalue weighted by atomic mass is 19.3. The number of carbonyl (C=O) groups is 1. The quantitative estimate of drug-likeness (QED) is 0.241. The Hall–Kier alpha value is -4.64. The number of rotatable bonds is 10. The number of aromatic nitrogens is 2. The molecule has 7 nitrogen and oxygen atoms in total. The van der Waals surface area contributed by atoms with Gasteiger partial charge < -0.3 is 9.47 Å². The lowest BCUT2D eigenvalue weighted by molar-refractivity contribution is -0.192. The molecule has 8 heteroatoms. The molecule has 1 aromatic heterocycles. The van der Waals surface area contributed by atoms with Gasteiger partial charge in [0.05, 0.1) is 17.8 Å². The molecule has 0 saturated carbocycles. The van der Waals surface area contributed by atoms with Gasteiger partial charge in [0, 0.05) is 15.5 Å². The Morgan fingerprint density at radius 2 is 1.85 bits per heavy atom.